The van der Waals surface area contributed by atoms with Gasteiger partial charge < -0.3 is 10.1 Å². The quantitative estimate of drug-likeness (QED) is 0.403. The fourth-order valence-electron chi connectivity index (χ4n) is 3.36. The third-order valence-electron chi connectivity index (χ3n) is 4.83. The number of carbonyl (C=O) groups excluding carboxylic acids is 1. The van der Waals surface area contributed by atoms with E-state index in [2.05, 4.69) is 48.6 Å². The van der Waals surface area contributed by atoms with Gasteiger partial charge in [0.05, 0.1) is 11.5 Å². The van der Waals surface area contributed by atoms with E-state index in [-0.39, 0.29) is 5.91 Å². The van der Waals surface area contributed by atoms with Crippen molar-refractivity contribution in [2.75, 3.05) is 11.9 Å². The summed E-state index contributed by atoms with van der Waals surface area (Å²) in [6.45, 7) is 4.65. The molecule has 3 nitrogen and oxygen atoms in total. The minimum Gasteiger partial charge on any atom is -0.494 e. The minimum absolute atomic E-state index is 0.0718. The molecule has 3 aromatic carbocycles. The molecule has 0 aliphatic rings. The average molecular weight is 402 g/mol. The van der Waals surface area contributed by atoms with Gasteiger partial charge in [0, 0.05) is 10.4 Å². The van der Waals surface area contributed by atoms with Crippen LogP contribution in [0.3, 0.4) is 0 Å². The first-order valence-corrected chi connectivity index (χ1v) is 10.6. The van der Waals surface area contributed by atoms with Crippen LogP contribution in [0.15, 0.2) is 72.8 Å². The molecule has 4 rings (SSSR count). The Kier molecular flexibility index (Phi) is 5.63. The summed E-state index contributed by atoms with van der Waals surface area (Å²) in [5, 5.41) is 4.19. The first kappa shape index (κ1) is 19.2. The maximum absolute atomic E-state index is 13.1. The SMILES string of the molecule is CCOc1ccc(NC(=O)c2sc3ccccc3c2Cc2ccc(C)cc2)cc1. The van der Waals surface area contributed by atoms with E-state index in [9.17, 15) is 4.79 Å². The van der Waals surface area contributed by atoms with E-state index in [1.54, 1.807) is 11.3 Å². The van der Waals surface area contributed by atoms with Gasteiger partial charge in [-0.05, 0) is 67.1 Å². The number of benzene rings is 3. The van der Waals surface area contributed by atoms with Crippen molar-refractivity contribution in [2.45, 2.75) is 20.3 Å². The van der Waals surface area contributed by atoms with E-state index in [0.717, 1.165) is 38.4 Å². The van der Waals surface area contributed by atoms with Crippen molar-refractivity contribution in [3.8, 4) is 5.75 Å². The molecule has 1 heterocycles. The van der Waals surface area contributed by atoms with Crippen LogP contribution in [0, 0.1) is 6.92 Å². The lowest BCUT2D eigenvalue weighted by atomic mass is 10.0. The molecule has 0 aliphatic heterocycles. The molecule has 0 unspecified atom stereocenters. The van der Waals surface area contributed by atoms with Crippen LogP contribution >= 0.6 is 11.3 Å². The van der Waals surface area contributed by atoms with Crippen LogP contribution in [0.25, 0.3) is 10.1 Å². The summed E-state index contributed by atoms with van der Waals surface area (Å²) in [6, 6.07) is 24.2. The van der Waals surface area contributed by atoms with Gasteiger partial charge in [0.2, 0.25) is 0 Å². The molecule has 0 saturated carbocycles. The highest BCUT2D eigenvalue weighted by atomic mass is 32.1. The second-order valence-electron chi connectivity index (χ2n) is 6.98. The number of rotatable bonds is 6. The maximum Gasteiger partial charge on any atom is 0.266 e. The molecule has 146 valence electrons. The van der Waals surface area contributed by atoms with Crippen molar-refractivity contribution in [3.63, 3.8) is 0 Å². The van der Waals surface area contributed by atoms with Crippen molar-refractivity contribution in [2.24, 2.45) is 0 Å². The Morgan fingerprint density at radius 3 is 2.41 bits per heavy atom. The fourth-order valence-corrected chi connectivity index (χ4v) is 4.47. The number of anilines is 1. The summed E-state index contributed by atoms with van der Waals surface area (Å²) in [5.41, 5.74) is 4.28. The minimum atomic E-state index is -0.0718. The Morgan fingerprint density at radius 1 is 0.966 bits per heavy atom. The Morgan fingerprint density at radius 2 is 1.69 bits per heavy atom. The Hall–Kier alpha value is -3.11. The molecule has 0 radical (unpaired) electrons. The molecular formula is C25H23NO2S. The number of thiophene rings is 1. The van der Waals surface area contributed by atoms with Gasteiger partial charge in [0.25, 0.3) is 5.91 Å². The number of nitrogens with one attached hydrogen (secondary N) is 1. The van der Waals surface area contributed by atoms with E-state index in [1.165, 1.54) is 11.1 Å². The van der Waals surface area contributed by atoms with Gasteiger partial charge in [0.1, 0.15) is 5.75 Å². The molecular weight excluding hydrogens is 378 g/mol. The van der Waals surface area contributed by atoms with Gasteiger partial charge in [-0.25, -0.2) is 0 Å². The summed E-state index contributed by atoms with van der Waals surface area (Å²) >= 11 is 1.55. The lowest BCUT2D eigenvalue weighted by Gasteiger charge is -2.09. The predicted octanol–water partition coefficient (Wildman–Crippen LogP) is 6.45. The van der Waals surface area contributed by atoms with Crippen molar-refractivity contribution in [1.29, 1.82) is 0 Å². The van der Waals surface area contributed by atoms with Crippen molar-refractivity contribution < 1.29 is 9.53 Å². The summed E-state index contributed by atoms with van der Waals surface area (Å²) in [5.74, 6) is 0.727. The van der Waals surface area contributed by atoms with Gasteiger partial charge in [0.15, 0.2) is 0 Å². The van der Waals surface area contributed by atoms with Gasteiger partial charge in [-0.3, -0.25) is 4.79 Å². The number of hydrogen-bond donors (Lipinski definition) is 1. The topological polar surface area (TPSA) is 38.3 Å². The molecule has 4 heteroatoms. The molecule has 0 bridgehead atoms. The highest BCUT2D eigenvalue weighted by molar-refractivity contribution is 7.21. The Bertz CT molecular complexity index is 1130. The van der Waals surface area contributed by atoms with Gasteiger partial charge in [-0.1, -0.05) is 48.0 Å². The van der Waals surface area contributed by atoms with Gasteiger partial charge in [-0.2, -0.15) is 0 Å². The lowest BCUT2D eigenvalue weighted by molar-refractivity contribution is 0.103. The lowest BCUT2D eigenvalue weighted by Crippen LogP contribution is -2.12. The second-order valence-corrected chi connectivity index (χ2v) is 8.03. The monoisotopic (exact) mass is 401 g/mol. The third-order valence-corrected chi connectivity index (χ3v) is 6.04. The molecule has 0 fully saturated rings. The number of carbonyl (C=O) groups is 1. The molecule has 0 atom stereocenters. The van der Waals surface area contributed by atoms with E-state index < -0.39 is 0 Å². The Balaban J connectivity index is 1.65. The van der Waals surface area contributed by atoms with Crippen LogP contribution < -0.4 is 10.1 Å². The van der Waals surface area contributed by atoms with E-state index in [0.29, 0.717) is 6.61 Å². The molecule has 0 saturated heterocycles. The van der Waals surface area contributed by atoms with Gasteiger partial charge >= 0.3 is 0 Å². The Labute approximate surface area is 175 Å². The van der Waals surface area contributed by atoms with Crippen LogP contribution in [0.4, 0.5) is 5.69 Å². The number of aryl methyl sites for hydroxylation is 1. The predicted molar refractivity (Wildman–Crippen MR) is 121 cm³/mol. The third kappa shape index (κ3) is 4.33. The number of hydrogen-bond acceptors (Lipinski definition) is 3. The van der Waals surface area contributed by atoms with Crippen LogP contribution in [-0.2, 0) is 6.42 Å². The van der Waals surface area contributed by atoms with Crippen molar-refractivity contribution >= 4 is 33.0 Å². The van der Waals surface area contributed by atoms with E-state index >= 15 is 0 Å². The smallest absolute Gasteiger partial charge is 0.266 e. The second kappa shape index (κ2) is 8.50. The zero-order valence-electron chi connectivity index (χ0n) is 16.6. The normalized spacial score (nSPS) is 10.8. The molecule has 29 heavy (non-hydrogen) atoms. The fraction of sp³-hybridized carbons (Fsp3) is 0.160. The summed E-state index contributed by atoms with van der Waals surface area (Å²) in [6.07, 6.45) is 0.732. The molecule has 1 amide bonds. The van der Waals surface area contributed by atoms with Crippen LogP contribution in [0.5, 0.6) is 5.75 Å². The van der Waals surface area contributed by atoms with E-state index in [1.807, 2.05) is 43.3 Å². The van der Waals surface area contributed by atoms with Crippen LogP contribution in [0.1, 0.15) is 33.3 Å². The first-order chi connectivity index (χ1) is 14.1. The highest BCUT2D eigenvalue weighted by Gasteiger charge is 2.19. The number of fused-ring (bicyclic) bond motifs is 1. The van der Waals surface area contributed by atoms with Gasteiger partial charge in [-0.15, -0.1) is 11.3 Å². The molecule has 4 aromatic rings. The summed E-state index contributed by atoms with van der Waals surface area (Å²) in [7, 11) is 0. The molecule has 1 aromatic heterocycles. The maximum atomic E-state index is 13.1. The molecule has 0 spiro atoms. The van der Waals surface area contributed by atoms with Crippen molar-refractivity contribution in [1.82, 2.24) is 0 Å². The molecule has 0 aliphatic carbocycles. The zero-order valence-corrected chi connectivity index (χ0v) is 17.4. The zero-order chi connectivity index (χ0) is 20.2. The van der Waals surface area contributed by atoms with Crippen LogP contribution in [-0.4, -0.2) is 12.5 Å². The summed E-state index contributed by atoms with van der Waals surface area (Å²) < 4.78 is 6.60. The average Bonchev–Trinajstić information content (AvgIpc) is 3.10. The van der Waals surface area contributed by atoms with Crippen LogP contribution in [0.2, 0.25) is 0 Å². The standard InChI is InChI=1S/C25H23NO2S/c1-3-28-20-14-12-19(13-15-20)26-25(27)24-22(16-18-10-8-17(2)9-11-18)21-6-4-5-7-23(21)29-24/h4-15H,3,16H2,1-2H3,(H,26,27). The highest BCUT2D eigenvalue weighted by Crippen LogP contribution is 2.33. The molecule has 1 N–H and O–H groups in total. The first-order valence-electron chi connectivity index (χ1n) is 9.74. The van der Waals surface area contributed by atoms with E-state index in [4.69, 9.17) is 4.74 Å². The largest absolute Gasteiger partial charge is 0.494 e. The summed E-state index contributed by atoms with van der Waals surface area (Å²) in [4.78, 5) is 13.9. The number of ether oxygens (including phenoxy) is 1. The van der Waals surface area contributed by atoms with Crippen molar-refractivity contribution in [3.05, 3.63) is 94.4 Å². The number of amides is 1.